The van der Waals surface area contributed by atoms with Crippen LogP contribution in [0.5, 0.6) is 5.75 Å². The number of para-hydroxylation sites is 1. The van der Waals surface area contributed by atoms with Gasteiger partial charge < -0.3 is 10.2 Å². The highest BCUT2D eigenvalue weighted by Gasteiger charge is 2.12. The van der Waals surface area contributed by atoms with Crippen molar-refractivity contribution in [1.82, 2.24) is 0 Å². The minimum Gasteiger partial charge on any atom is -0.508 e. The molecule has 0 aliphatic carbocycles. The lowest BCUT2D eigenvalue weighted by atomic mass is 9.97. The monoisotopic (exact) mass is 180 g/mol. The van der Waals surface area contributed by atoms with Crippen molar-refractivity contribution in [3.8, 4) is 5.75 Å². The average Bonchev–Trinajstić information content (AvgIpc) is 2.03. The molecule has 0 amide bonds. The van der Waals surface area contributed by atoms with Crippen molar-refractivity contribution >= 4 is 5.97 Å². The van der Waals surface area contributed by atoms with Crippen LogP contribution in [0.2, 0.25) is 0 Å². The zero-order valence-corrected chi connectivity index (χ0v) is 7.40. The van der Waals surface area contributed by atoms with Gasteiger partial charge in [0.1, 0.15) is 5.75 Å². The molecular weight excluding hydrogens is 168 g/mol. The Morgan fingerprint density at radius 1 is 1.46 bits per heavy atom. The first-order valence-electron chi connectivity index (χ1n) is 4.11. The number of aliphatic carboxylic acids is 1. The Labute approximate surface area is 76.6 Å². The van der Waals surface area contributed by atoms with Gasteiger partial charge in [0.15, 0.2) is 0 Å². The van der Waals surface area contributed by atoms with E-state index >= 15 is 0 Å². The number of benzene rings is 1. The van der Waals surface area contributed by atoms with Crippen molar-refractivity contribution in [3.05, 3.63) is 29.8 Å². The van der Waals surface area contributed by atoms with Gasteiger partial charge in [0.2, 0.25) is 0 Å². The lowest BCUT2D eigenvalue weighted by Crippen LogP contribution is -2.02. The normalized spacial score (nSPS) is 12.4. The number of hydrogen-bond donors (Lipinski definition) is 2. The van der Waals surface area contributed by atoms with Crippen molar-refractivity contribution in [2.45, 2.75) is 19.3 Å². The molecule has 0 saturated heterocycles. The van der Waals surface area contributed by atoms with Gasteiger partial charge in [-0.3, -0.25) is 4.79 Å². The number of hydrogen-bond acceptors (Lipinski definition) is 2. The summed E-state index contributed by atoms with van der Waals surface area (Å²) in [6, 6.07) is 6.80. The number of rotatable bonds is 3. The molecule has 1 aromatic carbocycles. The van der Waals surface area contributed by atoms with Gasteiger partial charge in [0.25, 0.3) is 0 Å². The predicted octanol–water partition coefficient (Wildman–Crippen LogP) is 1.97. The second-order valence-corrected chi connectivity index (χ2v) is 3.06. The van der Waals surface area contributed by atoms with Crippen molar-refractivity contribution in [2.24, 2.45) is 0 Å². The maximum Gasteiger partial charge on any atom is 0.303 e. The Morgan fingerprint density at radius 2 is 2.08 bits per heavy atom. The predicted molar refractivity (Wildman–Crippen MR) is 48.8 cm³/mol. The summed E-state index contributed by atoms with van der Waals surface area (Å²) < 4.78 is 0. The summed E-state index contributed by atoms with van der Waals surface area (Å²) in [6.45, 7) is 1.78. The van der Waals surface area contributed by atoms with Crippen LogP contribution in [0.15, 0.2) is 24.3 Å². The molecule has 0 radical (unpaired) electrons. The third-order valence-electron chi connectivity index (χ3n) is 1.95. The van der Waals surface area contributed by atoms with Crippen LogP contribution in [0, 0.1) is 0 Å². The van der Waals surface area contributed by atoms with E-state index in [9.17, 15) is 9.90 Å². The van der Waals surface area contributed by atoms with Gasteiger partial charge in [-0.05, 0) is 17.5 Å². The third kappa shape index (κ3) is 2.47. The first kappa shape index (κ1) is 9.58. The van der Waals surface area contributed by atoms with Gasteiger partial charge in [0.05, 0.1) is 6.42 Å². The maximum absolute atomic E-state index is 10.4. The van der Waals surface area contributed by atoms with Gasteiger partial charge in [-0.2, -0.15) is 0 Å². The Bertz CT molecular complexity index is 307. The van der Waals surface area contributed by atoms with Gasteiger partial charge >= 0.3 is 5.97 Å². The molecule has 0 aromatic heterocycles. The van der Waals surface area contributed by atoms with Crippen LogP contribution in [0.25, 0.3) is 0 Å². The molecule has 2 N–H and O–H groups in total. The summed E-state index contributed by atoms with van der Waals surface area (Å²) in [5.74, 6) is -0.842. The van der Waals surface area contributed by atoms with E-state index in [-0.39, 0.29) is 18.1 Å². The molecule has 0 aliphatic rings. The molecular formula is C10H12O3. The van der Waals surface area contributed by atoms with Crippen LogP contribution in [0.1, 0.15) is 24.8 Å². The quantitative estimate of drug-likeness (QED) is 0.747. The number of phenolic OH excluding ortho intramolecular Hbond substituents is 1. The van der Waals surface area contributed by atoms with Crippen molar-refractivity contribution in [3.63, 3.8) is 0 Å². The molecule has 3 heteroatoms. The molecule has 1 rings (SSSR count). The molecule has 0 aliphatic heterocycles. The molecule has 0 spiro atoms. The summed E-state index contributed by atoms with van der Waals surface area (Å²) in [6.07, 6.45) is 0.0393. The van der Waals surface area contributed by atoms with E-state index < -0.39 is 5.97 Å². The number of carboxylic acid groups (broad SMARTS) is 1. The lowest BCUT2D eigenvalue weighted by molar-refractivity contribution is -0.137. The SMILES string of the molecule is C[C@@H](CC(=O)O)c1ccccc1O. The molecule has 3 nitrogen and oxygen atoms in total. The second kappa shape index (κ2) is 3.94. The van der Waals surface area contributed by atoms with Crippen LogP contribution >= 0.6 is 0 Å². The van der Waals surface area contributed by atoms with Crippen LogP contribution in [-0.4, -0.2) is 16.2 Å². The zero-order chi connectivity index (χ0) is 9.84. The highest BCUT2D eigenvalue weighted by Crippen LogP contribution is 2.26. The van der Waals surface area contributed by atoms with E-state index in [1.54, 1.807) is 31.2 Å². The highest BCUT2D eigenvalue weighted by atomic mass is 16.4. The molecule has 1 atom stereocenters. The van der Waals surface area contributed by atoms with E-state index in [1.807, 2.05) is 0 Å². The highest BCUT2D eigenvalue weighted by molar-refractivity contribution is 5.68. The summed E-state index contributed by atoms with van der Waals surface area (Å²) in [5, 5.41) is 18.0. The molecule has 70 valence electrons. The lowest BCUT2D eigenvalue weighted by Gasteiger charge is -2.10. The van der Waals surface area contributed by atoms with E-state index in [0.717, 1.165) is 0 Å². The summed E-state index contributed by atoms with van der Waals surface area (Å²) >= 11 is 0. The van der Waals surface area contributed by atoms with Crippen LogP contribution in [0.3, 0.4) is 0 Å². The Balaban J connectivity index is 2.82. The molecule has 13 heavy (non-hydrogen) atoms. The van der Waals surface area contributed by atoms with Gasteiger partial charge in [0, 0.05) is 0 Å². The van der Waals surface area contributed by atoms with Crippen LogP contribution in [-0.2, 0) is 4.79 Å². The number of aromatic hydroxyl groups is 1. The van der Waals surface area contributed by atoms with Crippen molar-refractivity contribution < 1.29 is 15.0 Å². The zero-order valence-electron chi connectivity index (χ0n) is 7.40. The average molecular weight is 180 g/mol. The smallest absolute Gasteiger partial charge is 0.303 e. The van der Waals surface area contributed by atoms with Gasteiger partial charge in [-0.15, -0.1) is 0 Å². The first-order valence-corrected chi connectivity index (χ1v) is 4.11. The molecule has 0 unspecified atom stereocenters. The maximum atomic E-state index is 10.4. The van der Waals surface area contributed by atoms with Crippen molar-refractivity contribution in [2.75, 3.05) is 0 Å². The molecule has 1 aromatic rings. The second-order valence-electron chi connectivity index (χ2n) is 3.06. The largest absolute Gasteiger partial charge is 0.508 e. The summed E-state index contributed by atoms with van der Waals surface area (Å²) in [5.41, 5.74) is 0.685. The molecule has 0 fully saturated rings. The fraction of sp³-hybridized carbons (Fsp3) is 0.300. The third-order valence-corrected chi connectivity index (χ3v) is 1.95. The Morgan fingerprint density at radius 3 is 2.62 bits per heavy atom. The Hall–Kier alpha value is -1.51. The summed E-state index contributed by atoms with van der Waals surface area (Å²) in [7, 11) is 0. The van der Waals surface area contributed by atoms with E-state index in [2.05, 4.69) is 0 Å². The summed E-state index contributed by atoms with van der Waals surface area (Å²) in [4.78, 5) is 10.4. The van der Waals surface area contributed by atoms with Crippen LogP contribution in [0.4, 0.5) is 0 Å². The number of carboxylic acids is 1. The van der Waals surface area contributed by atoms with E-state index in [4.69, 9.17) is 5.11 Å². The first-order chi connectivity index (χ1) is 6.11. The number of phenols is 1. The standard InChI is InChI=1S/C10H12O3/c1-7(6-10(12)13)8-4-2-3-5-9(8)11/h2-5,7,11H,6H2,1H3,(H,12,13)/t7-/m0/s1. The van der Waals surface area contributed by atoms with E-state index in [1.165, 1.54) is 0 Å². The van der Waals surface area contributed by atoms with Crippen molar-refractivity contribution in [1.29, 1.82) is 0 Å². The van der Waals surface area contributed by atoms with E-state index in [0.29, 0.717) is 5.56 Å². The minimum atomic E-state index is -0.851. The fourth-order valence-corrected chi connectivity index (χ4v) is 1.28. The topological polar surface area (TPSA) is 57.5 Å². The molecule has 0 saturated carbocycles. The fourth-order valence-electron chi connectivity index (χ4n) is 1.28. The minimum absolute atomic E-state index is 0.0393. The molecule has 0 bridgehead atoms. The van der Waals surface area contributed by atoms with Gasteiger partial charge in [-0.25, -0.2) is 0 Å². The number of carbonyl (C=O) groups is 1. The van der Waals surface area contributed by atoms with Gasteiger partial charge in [-0.1, -0.05) is 25.1 Å². The van der Waals surface area contributed by atoms with Crippen LogP contribution < -0.4 is 0 Å². The Kier molecular flexibility index (Phi) is 2.90. The molecule has 0 heterocycles.